The minimum Gasteiger partial charge on any atom is -0.353 e. The second-order valence-electron chi connectivity index (χ2n) is 12.5. The highest BCUT2D eigenvalue weighted by Crippen LogP contribution is 2.59. The summed E-state index contributed by atoms with van der Waals surface area (Å²) in [5.74, 6) is 2.11. The van der Waals surface area contributed by atoms with Gasteiger partial charge in [-0.3, -0.25) is 9.59 Å². The van der Waals surface area contributed by atoms with Crippen LogP contribution in [0, 0.1) is 23.2 Å². The molecule has 4 nitrogen and oxygen atoms in total. The summed E-state index contributed by atoms with van der Waals surface area (Å²) in [7, 11) is 0. The summed E-state index contributed by atoms with van der Waals surface area (Å²) < 4.78 is 0. The van der Waals surface area contributed by atoms with Gasteiger partial charge in [0.05, 0.1) is 5.41 Å². The van der Waals surface area contributed by atoms with Gasteiger partial charge in [-0.05, 0) is 91.7 Å². The van der Waals surface area contributed by atoms with Crippen LogP contribution in [0.1, 0.15) is 92.1 Å². The Morgan fingerprint density at radius 1 is 1.00 bits per heavy atom. The van der Waals surface area contributed by atoms with Crippen LogP contribution < -0.4 is 5.32 Å². The maximum absolute atomic E-state index is 13.5. The van der Waals surface area contributed by atoms with Crippen LogP contribution in [0.4, 0.5) is 0 Å². The minimum absolute atomic E-state index is 0.0679. The predicted octanol–water partition coefficient (Wildman–Crippen LogP) is 7.45. The van der Waals surface area contributed by atoms with Gasteiger partial charge in [0.1, 0.15) is 0 Å². The van der Waals surface area contributed by atoms with Crippen molar-refractivity contribution in [3.05, 3.63) is 69.2 Å². The van der Waals surface area contributed by atoms with Crippen molar-refractivity contribution < 1.29 is 9.59 Å². The smallest absolute Gasteiger partial charge is 0.253 e. The Morgan fingerprint density at radius 2 is 1.74 bits per heavy atom. The van der Waals surface area contributed by atoms with E-state index in [4.69, 9.17) is 23.2 Å². The van der Waals surface area contributed by atoms with E-state index in [9.17, 15) is 9.59 Å². The fourth-order valence-electron chi connectivity index (χ4n) is 8.44. The van der Waals surface area contributed by atoms with Crippen LogP contribution in [0.25, 0.3) is 0 Å². The molecule has 2 aromatic rings. The normalized spacial score (nSPS) is 34.8. The minimum atomic E-state index is -0.409. The van der Waals surface area contributed by atoms with E-state index in [0.29, 0.717) is 21.5 Å². The van der Waals surface area contributed by atoms with Crippen LogP contribution >= 0.6 is 23.2 Å². The third-order valence-electron chi connectivity index (χ3n) is 10.4. The van der Waals surface area contributed by atoms with Crippen LogP contribution in [0.3, 0.4) is 0 Å². The first kappa shape index (κ1) is 26.2. The highest BCUT2D eigenvalue weighted by molar-refractivity contribution is 6.32. The largest absolute Gasteiger partial charge is 0.353 e. The number of fused-ring (bicyclic) bond motifs is 2. The number of hydrogen-bond acceptors (Lipinski definition) is 2. The van der Waals surface area contributed by atoms with E-state index < -0.39 is 5.41 Å². The zero-order valence-electron chi connectivity index (χ0n) is 22.4. The van der Waals surface area contributed by atoms with Gasteiger partial charge in [0, 0.05) is 40.7 Å². The molecule has 2 heterocycles. The number of rotatable bonds is 3. The van der Waals surface area contributed by atoms with Crippen molar-refractivity contribution in [2.45, 2.75) is 76.7 Å². The zero-order valence-corrected chi connectivity index (χ0v) is 23.9. The molecule has 2 amide bonds. The quantitative estimate of drug-likeness (QED) is 0.429. The molecular formula is C32H38Cl2N2O2. The van der Waals surface area contributed by atoms with Gasteiger partial charge < -0.3 is 10.2 Å². The molecule has 0 aromatic heterocycles. The van der Waals surface area contributed by atoms with Crippen LogP contribution in [0.5, 0.6) is 0 Å². The molecule has 4 fully saturated rings. The Balaban J connectivity index is 1.30. The molecule has 2 aromatic carbocycles. The van der Waals surface area contributed by atoms with Gasteiger partial charge in [0.2, 0.25) is 5.91 Å². The highest BCUT2D eigenvalue weighted by Gasteiger charge is 2.57. The van der Waals surface area contributed by atoms with E-state index >= 15 is 0 Å². The molecule has 0 bridgehead atoms. The lowest BCUT2D eigenvalue weighted by atomic mass is 9.56. The Morgan fingerprint density at radius 3 is 2.47 bits per heavy atom. The van der Waals surface area contributed by atoms with Crippen LogP contribution in [0.15, 0.2) is 42.5 Å². The lowest BCUT2D eigenvalue weighted by Crippen LogP contribution is -2.44. The van der Waals surface area contributed by atoms with Crippen LogP contribution in [0.2, 0.25) is 10.0 Å². The summed E-state index contributed by atoms with van der Waals surface area (Å²) in [5, 5.41) is 4.59. The molecule has 2 aliphatic carbocycles. The number of benzene rings is 2. The fourth-order valence-corrected chi connectivity index (χ4v) is 8.89. The molecule has 0 radical (unpaired) electrons. The van der Waals surface area contributed by atoms with E-state index in [1.165, 1.54) is 31.2 Å². The maximum atomic E-state index is 13.5. The zero-order chi connectivity index (χ0) is 26.6. The average molecular weight is 554 g/mol. The number of nitrogens with one attached hydrogen (secondary N) is 1. The Bertz CT molecular complexity index is 1230. The lowest BCUT2D eigenvalue weighted by molar-refractivity contribution is -0.129. The summed E-state index contributed by atoms with van der Waals surface area (Å²) in [6.45, 7) is 5.97. The van der Waals surface area contributed by atoms with E-state index in [0.717, 1.165) is 43.8 Å². The topological polar surface area (TPSA) is 49.4 Å². The molecular weight excluding hydrogens is 515 g/mol. The molecule has 6 heteroatoms. The van der Waals surface area contributed by atoms with Gasteiger partial charge in [-0.2, -0.15) is 0 Å². The van der Waals surface area contributed by atoms with Gasteiger partial charge in [0.25, 0.3) is 5.91 Å². The van der Waals surface area contributed by atoms with Crippen molar-refractivity contribution in [1.82, 2.24) is 10.2 Å². The number of nitrogens with zero attached hydrogens (tertiary/aromatic N) is 1. The fraction of sp³-hybridized carbons (Fsp3) is 0.562. The van der Waals surface area contributed by atoms with Crippen molar-refractivity contribution >= 4 is 35.0 Å². The molecule has 7 atom stereocenters. The molecule has 38 heavy (non-hydrogen) atoms. The Labute approximate surface area is 236 Å². The second-order valence-corrected chi connectivity index (χ2v) is 13.4. The van der Waals surface area contributed by atoms with Crippen molar-refractivity contribution in [2.75, 3.05) is 13.1 Å². The number of hydrogen-bond donors (Lipinski definition) is 1. The molecule has 6 rings (SSSR count). The van der Waals surface area contributed by atoms with Crippen molar-refractivity contribution in [1.29, 1.82) is 0 Å². The molecule has 2 saturated carbocycles. The molecule has 2 saturated heterocycles. The number of piperidine rings is 1. The summed E-state index contributed by atoms with van der Waals surface area (Å²) in [5.41, 5.74) is 2.53. The highest BCUT2D eigenvalue weighted by atomic mass is 35.5. The van der Waals surface area contributed by atoms with Crippen molar-refractivity contribution in [3.63, 3.8) is 0 Å². The number of carbonyl (C=O) groups is 2. The second kappa shape index (κ2) is 10.2. The average Bonchev–Trinajstić information content (AvgIpc) is 3.15. The first-order chi connectivity index (χ1) is 18.3. The van der Waals surface area contributed by atoms with Crippen molar-refractivity contribution in [2.24, 2.45) is 23.2 Å². The summed E-state index contributed by atoms with van der Waals surface area (Å²) in [6, 6.07) is 14.1. The van der Waals surface area contributed by atoms with Crippen molar-refractivity contribution in [3.8, 4) is 0 Å². The predicted molar refractivity (Wildman–Crippen MR) is 153 cm³/mol. The maximum Gasteiger partial charge on any atom is 0.253 e. The lowest BCUT2D eigenvalue weighted by Gasteiger charge is -2.46. The van der Waals surface area contributed by atoms with E-state index in [1.807, 2.05) is 24.3 Å². The molecule has 1 N–H and O–H groups in total. The number of likely N-dealkylation sites (tertiary alicyclic amines) is 1. The number of halogens is 2. The first-order valence-electron chi connectivity index (χ1n) is 14.4. The van der Waals surface area contributed by atoms with Crippen LogP contribution in [-0.4, -0.2) is 35.8 Å². The van der Waals surface area contributed by atoms with Gasteiger partial charge in [-0.25, -0.2) is 0 Å². The molecule has 4 aliphatic rings. The monoisotopic (exact) mass is 552 g/mol. The number of carbonyl (C=O) groups excluding carboxylic acids is 2. The number of amides is 2. The van der Waals surface area contributed by atoms with E-state index in [1.54, 1.807) is 0 Å². The van der Waals surface area contributed by atoms with E-state index in [2.05, 4.69) is 42.3 Å². The Hall–Kier alpha value is -2.04. The SMILES string of the molecule is C[C@H]1NC(=O)[C@]2(C)CC[C@@H](c3ccc(C(=O)N4CCC5CCCCC5C4)cc3Cl)[C@H](c3ccc(Cl)cc3)[C@H]12. The third kappa shape index (κ3) is 4.46. The van der Waals surface area contributed by atoms with Gasteiger partial charge in [0.15, 0.2) is 0 Å². The molecule has 2 unspecified atom stereocenters. The standard InChI is InChI=1S/C32H38Cl2N2O2/c1-19-29-28(21-7-10-24(33)11-8-21)26(13-15-32(29,2)31(38)35-19)25-12-9-22(17-27(25)34)30(37)36-16-14-20-5-3-4-6-23(20)18-36/h7-12,17,19-20,23,26,28-29H,3-6,13-16,18H2,1-2H3,(H,35,38)/t19-,20?,23?,26+,28+,29+,32-/m1/s1. The Kier molecular flexibility index (Phi) is 7.01. The van der Waals surface area contributed by atoms with Gasteiger partial charge in [-0.15, -0.1) is 0 Å². The molecule has 202 valence electrons. The van der Waals surface area contributed by atoms with Crippen LogP contribution in [-0.2, 0) is 4.79 Å². The van der Waals surface area contributed by atoms with E-state index in [-0.39, 0.29) is 35.6 Å². The summed E-state index contributed by atoms with van der Waals surface area (Å²) in [6.07, 6.45) is 8.00. The first-order valence-corrected chi connectivity index (χ1v) is 15.2. The van der Waals surface area contributed by atoms with Gasteiger partial charge in [-0.1, -0.05) is 67.6 Å². The third-order valence-corrected chi connectivity index (χ3v) is 11.0. The molecule has 0 spiro atoms. The summed E-state index contributed by atoms with van der Waals surface area (Å²) in [4.78, 5) is 28.6. The molecule has 2 aliphatic heterocycles. The van der Waals surface area contributed by atoms with Gasteiger partial charge >= 0.3 is 0 Å². The summed E-state index contributed by atoms with van der Waals surface area (Å²) >= 11 is 13.2.